The number of nitrogens with zero attached hydrogens (tertiary/aromatic N) is 1. The third-order valence-electron chi connectivity index (χ3n) is 2.40. The van der Waals surface area contributed by atoms with Crippen LogP contribution in [0.5, 0.6) is 0 Å². The number of carbonyl (C=O) groups is 2. The molecule has 2 amide bonds. The van der Waals surface area contributed by atoms with Crippen LogP contribution in [0, 0.1) is 0 Å². The molecule has 0 aliphatic carbocycles. The van der Waals surface area contributed by atoms with E-state index in [4.69, 9.17) is 0 Å². The third-order valence-corrected chi connectivity index (χ3v) is 3.75. The van der Waals surface area contributed by atoms with E-state index in [1.54, 1.807) is 11.0 Å². The van der Waals surface area contributed by atoms with Gasteiger partial charge in [-0.2, -0.15) is 0 Å². The van der Waals surface area contributed by atoms with Gasteiger partial charge >= 0.3 is 0 Å². The number of thiophene rings is 1. The molecule has 16 heavy (non-hydrogen) atoms. The minimum atomic E-state index is -0.0122. The maximum Gasteiger partial charge on any atom is 0.264 e. The fraction of sp³-hybridized carbons (Fsp3) is 0.400. The summed E-state index contributed by atoms with van der Waals surface area (Å²) in [6.45, 7) is 1.60. The second-order valence-corrected chi connectivity index (χ2v) is 4.99. The van der Waals surface area contributed by atoms with E-state index in [1.807, 2.05) is 5.38 Å². The van der Waals surface area contributed by atoms with Crippen LogP contribution < -0.4 is 5.32 Å². The molecule has 1 N–H and O–H groups in total. The lowest BCUT2D eigenvalue weighted by Crippen LogP contribution is -2.33. The molecule has 0 atom stereocenters. The predicted molar refractivity (Wildman–Crippen MR) is 65.1 cm³/mol. The first-order valence-corrected chi connectivity index (χ1v) is 6.33. The summed E-state index contributed by atoms with van der Waals surface area (Å²) in [6, 6.07) is 1.76. The fourth-order valence-corrected chi connectivity index (χ4v) is 2.68. The first-order chi connectivity index (χ1) is 7.66. The van der Waals surface area contributed by atoms with Gasteiger partial charge in [-0.15, -0.1) is 24.0 Å². The van der Waals surface area contributed by atoms with Crippen molar-refractivity contribution in [3.05, 3.63) is 16.3 Å². The number of carbonyl (C=O) groups excluding carboxylic acids is 2. The second kappa shape index (κ2) is 4.88. The van der Waals surface area contributed by atoms with Crippen molar-refractivity contribution >= 4 is 35.8 Å². The maximum absolute atomic E-state index is 12.0. The molecule has 0 unspecified atom stereocenters. The monoisotopic (exact) mass is 256 g/mol. The predicted octanol–water partition coefficient (Wildman–Crippen LogP) is 0.999. The van der Waals surface area contributed by atoms with Crippen LogP contribution in [-0.2, 0) is 4.79 Å². The van der Waals surface area contributed by atoms with Crippen LogP contribution >= 0.6 is 24.0 Å². The standard InChI is InChI=1S/C10H12N2O2S2/c13-9-1-3-12(4-2-11-9)10(14)8-5-7(15)6-16-8/h5-6,15H,1-4H2,(H,11,13). The zero-order valence-corrected chi connectivity index (χ0v) is 10.3. The zero-order chi connectivity index (χ0) is 11.5. The van der Waals surface area contributed by atoms with Gasteiger partial charge in [-0.25, -0.2) is 0 Å². The highest BCUT2D eigenvalue weighted by Gasteiger charge is 2.20. The Morgan fingerprint density at radius 3 is 3.00 bits per heavy atom. The Labute approximate surface area is 103 Å². The van der Waals surface area contributed by atoms with E-state index in [2.05, 4.69) is 17.9 Å². The van der Waals surface area contributed by atoms with Crippen LogP contribution in [0.25, 0.3) is 0 Å². The largest absolute Gasteiger partial charge is 0.354 e. The van der Waals surface area contributed by atoms with Gasteiger partial charge in [0, 0.05) is 36.3 Å². The van der Waals surface area contributed by atoms with Gasteiger partial charge in [0.05, 0.1) is 4.88 Å². The molecule has 0 spiro atoms. The summed E-state index contributed by atoms with van der Waals surface area (Å²) in [5.41, 5.74) is 0. The minimum absolute atomic E-state index is 0.0105. The van der Waals surface area contributed by atoms with Crippen LogP contribution in [0.4, 0.5) is 0 Å². The van der Waals surface area contributed by atoms with Crippen LogP contribution in [0.2, 0.25) is 0 Å². The number of amides is 2. The number of thiol groups is 1. The highest BCUT2D eigenvalue weighted by molar-refractivity contribution is 7.80. The van der Waals surface area contributed by atoms with Crippen molar-refractivity contribution < 1.29 is 9.59 Å². The smallest absolute Gasteiger partial charge is 0.264 e. The van der Waals surface area contributed by atoms with Crippen molar-refractivity contribution in [2.75, 3.05) is 19.6 Å². The van der Waals surface area contributed by atoms with Crippen molar-refractivity contribution in [3.8, 4) is 0 Å². The SMILES string of the molecule is O=C1CCN(C(=O)c2cc(S)cs2)CCN1. The van der Waals surface area contributed by atoms with Crippen molar-refractivity contribution in [2.45, 2.75) is 11.3 Å². The molecule has 1 aromatic heterocycles. The molecule has 1 aromatic rings. The van der Waals surface area contributed by atoms with Gasteiger partial charge in [0.2, 0.25) is 5.91 Å². The molecule has 1 fully saturated rings. The highest BCUT2D eigenvalue weighted by atomic mass is 32.1. The Morgan fingerprint density at radius 1 is 1.50 bits per heavy atom. The molecular formula is C10H12N2O2S2. The summed E-state index contributed by atoms with van der Waals surface area (Å²) < 4.78 is 0. The Balaban J connectivity index is 2.06. The van der Waals surface area contributed by atoms with Gasteiger partial charge in [-0.3, -0.25) is 9.59 Å². The summed E-state index contributed by atoms with van der Waals surface area (Å²) in [4.78, 5) is 26.4. The molecule has 0 bridgehead atoms. The average molecular weight is 256 g/mol. The second-order valence-electron chi connectivity index (χ2n) is 3.56. The van der Waals surface area contributed by atoms with Crippen molar-refractivity contribution in [3.63, 3.8) is 0 Å². The van der Waals surface area contributed by atoms with Crippen LogP contribution in [-0.4, -0.2) is 36.3 Å². The lowest BCUT2D eigenvalue weighted by molar-refractivity contribution is -0.120. The summed E-state index contributed by atoms with van der Waals surface area (Å²) in [5.74, 6) is -0.00170. The number of hydrogen-bond donors (Lipinski definition) is 2. The Morgan fingerprint density at radius 2 is 2.31 bits per heavy atom. The normalized spacial score (nSPS) is 16.8. The third kappa shape index (κ3) is 2.56. The molecule has 0 radical (unpaired) electrons. The zero-order valence-electron chi connectivity index (χ0n) is 8.60. The van der Waals surface area contributed by atoms with Crippen molar-refractivity contribution in [1.82, 2.24) is 10.2 Å². The average Bonchev–Trinajstić information content (AvgIpc) is 2.57. The summed E-state index contributed by atoms with van der Waals surface area (Å²) in [5, 5.41) is 4.57. The molecule has 0 saturated carbocycles. The quantitative estimate of drug-likeness (QED) is 0.736. The fourth-order valence-electron chi connectivity index (χ4n) is 1.56. The molecule has 0 aromatic carbocycles. The van der Waals surface area contributed by atoms with E-state index >= 15 is 0 Å². The van der Waals surface area contributed by atoms with Crippen LogP contribution in [0.15, 0.2) is 16.3 Å². The van der Waals surface area contributed by atoms with Gasteiger partial charge in [0.25, 0.3) is 5.91 Å². The lowest BCUT2D eigenvalue weighted by atomic mass is 10.3. The highest BCUT2D eigenvalue weighted by Crippen LogP contribution is 2.19. The topological polar surface area (TPSA) is 49.4 Å². The first kappa shape index (κ1) is 11.5. The van der Waals surface area contributed by atoms with Gasteiger partial charge in [-0.1, -0.05) is 0 Å². The van der Waals surface area contributed by atoms with E-state index in [0.29, 0.717) is 30.9 Å². The molecule has 1 saturated heterocycles. The Bertz CT molecular complexity index is 417. The minimum Gasteiger partial charge on any atom is -0.354 e. The summed E-state index contributed by atoms with van der Waals surface area (Å²) >= 11 is 5.56. The van der Waals surface area contributed by atoms with Crippen molar-refractivity contribution in [1.29, 1.82) is 0 Å². The van der Waals surface area contributed by atoms with E-state index in [0.717, 1.165) is 4.90 Å². The molecule has 2 rings (SSSR count). The first-order valence-electron chi connectivity index (χ1n) is 5.00. The Kier molecular flexibility index (Phi) is 3.50. The van der Waals surface area contributed by atoms with E-state index in [-0.39, 0.29) is 11.8 Å². The van der Waals surface area contributed by atoms with Gasteiger partial charge in [0.15, 0.2) is 0 Å². The Hall–Kier alpha value is -1.01. The molecular weight excluding hydrogens is 244 g/mol. The van der Waals surface area contributed by atoms with E-state index in [9.17, 15) is 9.59 Å². The van der Waals surface area contributed by atoms with Gasteiger partial charge in [-0.05, 0) is 6.07 Å². The molecule has 2 heterocycles. The summed E-state index contributed by atoms with van der Waals surface area (Å²) in [7, 11) is 0. The molecule has 4 nitrogen and oxygen atoms in total. The summed E-state index contributed by atoms with van der Waals surface area (Å²) in [6.07, 6.45) is 0.380. The molecule has 1 aliphatic rings. The van der Waals surface area contributed by atoms with Gasteiger partial charge in [0.1, 0.15) is 0 Å². The van der Waals surface area contributed by atoms with Crippen LogP contribution in [0.3, 0.4) is 0 Å². The lowest BCUT2D eigenvalue weighted by Gasteiger charge is -2.18. The molecule has 6 heteroatoms. The molecule has 86 valence electrons. The van der Waals surface area contributed by atoms with Crippen LogP contribution in [0.1, 0.15) is 16.1 Å². The van der Waals surface area contributed by atoms with E-state index in [1.165, 1.54) is 11.3 Å². The molecule has 1 aliphatic heterocycles. The van der Waals surface area contributed by atoms with E-state index < -0.39 is 0 Å². The van der Waals surface area contributed by atoms with Gasteiger partial charge < -0.3 is 10.2 Å². The van der Waals surface area contributed by atoms with Crippen molar-refractivity contribution in [2.24, 2.45) is 0 Å². The maximum atomic E-state index is 12.0. The number of rotatable bonds is 1. The number of nitrogens with one attached hydrogen (secondary N) is 1. The number of hydrogen-bond acceptors (Lipinski definition) is 4.